The van der Waals surface area contributed by atoms with Gasteiger partial charge in [0.2, 0.25) is 10.0 Å². The van der Waals surface area contributed by atoms with Crippen LogP contribution in [-0.2, 0) is 10.0 Å². The number of carbonyl (C=O) groups is 2. The molecule has 2 aromatic rings. The zero-order valence-corrected chi connectivity index (χ0v) is 18.2. The smallest absolute Gasteiger partial charge is 0.286 e. The minimum Gasteiger partial charge on any atom is -0.339 e. The summed E-state index contributed by atoms with van der Waals surface area (Å²) in [6.07, 6.45) is 0. The number of thioether (sulfide) groups is 1. The summed E-state index contributed by atoms with van der Waals surface area (Å²) in [5, 5.41) is 2.55. The Labute approximate surface area is 173 Å². The molecule has 0 aliphatic rings. The van der Waals surface area contributed by atoms with E-state index >= 15 is 0 Å². The first-order valence-corrected chi connectivity index (χ1v) is 10.7. The standard InChI is InChI=1S/C18H20ClN3O4S2/c1-21(2)18(24)27-15-8-6-5-7-14(15)20-17(23)12-9-10-13(19)16(11-12)28(25,26)22(3)4/h5-11H,1-4H3,(H,20,23). The van der Waals surface area contributed by atoms with Gasteiger partial charge in [-0.25, -0.2) is 12.7 Å². The fourth-order valence-electron chi connectivity index (χ4n) is 2.08. The summed E-state index contributed by atoms with van der Waals surface area (Å²) in [7, 11) is 2.23. The Balaban J connectivity index is 2.34. The fourth-order valence-corrected chi connectivity index (χ4v) is 4.22. The van der Waals surface area contributed by atoms with Crippen LogP contribution in [0.3, 0.4) is 0 Å². The molecule has 0 bridgehead atoms. The summed E-state index contributed by atoms with van der Waals surface area (Å²) in [5.41, 5.74) is 0.572. The lowest BCUT2D eigenvalue weighted by Gasteiger charge is -2.15. The zero-order chi connectivity index (χ0) is 21.1. The largest absolute Gasteiger partial charge is 0.339 e. The number of anilines is 1. The van der Waals surface area contributed by atoms with Crippen molar-refractivity contribution in [2.45, 2.75) is 9.79 Å². The Kier molecular flexibility index (Phi) is 7.11. The predicted molar refractivity (Wildman–Crippen MR) is 112 cm³/mol. The normalized spacial score (nSPS) is 11.4. The molecule has 28 heavy (non-hydrogen) atoms. The first-order valence-electron chi connectivity index (χ1n) is 8.05. The van der Waals surface area contributed by atoms with Crippen molar-refractivity contribution in [1.82, 2.24) is 9.21 Å². The van der Waals surface area contributed by atoms with Crippen LogP contribution in [0.2, 0.25) is 5.02 Å². The molecule has 7 nitrogen and oxygen atoms in total. The number of para-hydroxylation sites is 1. The molecule has 150 valence electrons. The van der Waals surface area contributed by atoms with Crippen LogP contribution < -0.4 is 5.32 Å². The molecule has 0 aliphatic heterocycles. The maximum absolute atomic E-state index is 12.7. The van der Waals surface area contributed by atoms with Crippen molar-refractivity contribution in [2.24, 2.45) is 0 Å². The van der Waals surface area contributed by atoms with E-state index in [0.29, 0.717) is 10.6 Å². The summed E-state index contributed by atoms with van der Waals surface area (Å²) in [6, 6.07) is 10.9. The van der Waals surface area contributed by atoms with E-state index in [-0.39, 0.29) is 20.7 Å². The third-order valence-electron chi connectivity index (χ3n) is 3.65. The molecule has 0 heterocycles. The van der Waals surface area contributed by atoms with Crippen molar-refractivity contribution < 1.29 is 18.0 Å². The second-order valence-corrected chi connectivity index (χ2v) is 9.67. The molecule has 0 atom stereocenters. The molecule has 1 N–H and O–H groups in total. The Bertz CT molecular complexity index is 1010. The average molecular weight is 442 g/mol. The zero-order valence-electron chi connectivity index (χ0n) is 15.8. The number of hydrogen-bond donors (Lipinski definition) is 1. The highest BCUT2D eigenvalue weighted by Gasteiger charge is 2.23. The van der Waals surface area contributed by atoms with Crippen molar-refractivity contribution in [1.29, 1.82) is 0 Å². The molecular weight excluding hydrogens is 422 g/mol. The van der Waals surface area contributed by atoms with E-state index in [1.165, 1.54) is 37.2 Å². The van der Waals surface area contributed by atoms with E-state index in [1.54, 1.807) is 38.4 Å². The number of halogens is 1. The van der Waals surface area contributed by atoms with Gasteiger partial charge in [0.05, 0.1) is 10.7 Å². The van der Waals surface area contributed by atoms with E-state index in [1.807, 2.05) is 0 Å². The second kappa shape index (κ2) is 8.95. The van der Waals surface area contributed by atoms with Gasteiger partial charge in [0, 0.05) is 38.6 Å². The molecule has 0 fully saturated rings. The monoisotopic (exact) mass is 441 g/mol. The molecule has 0 spiro atoms. The lowest BCUT2D eigenvalue weighted by molar-refractivity contribution is 0.102. The Hall–Kier alpha value is -2.07. The van der Waals surface area contributed by atoms with E-state index in [4.69, 9.17) is 11.6 Å². The summed E-state index contributed by atoms with van der Waals surface area (Å²) in [4.78, 5) is 26.5. The molecule has 2 rings (SSSR count). The van der Waals surface area contributed by atoms with Crippen LogP contribution in [0.15, 0.2) is 52.3 Å². The molecule has 0 saturated heterocycles. The molecular formula is C18H20ClN3O4S2. The first kappa shape index (κ1) is 22.2. The topological polar surface area (TPSA) is 86.8 Å². The summed E-state index contributed by atoms with van der Waals surface area (Å²) in [5.74, 6) is -0.516. The van der Waals surface area contributed by atoms with Crippen LogP contribution in [0.25, 0.3) is 0 Å². The molecule has 0 aromatic heterocycles. The highest BCUT2D eigenvalue weighted by atomic mass is 35.5. The first-order chi connectivity index (χ1) is 13.0. The number of rotatable bonds is 5. The van der Waals surface area contributed by atoms with E-state index in [2.05, 4.69) is 5.32 Å². The van der Waals surface area contributed by atoms with Crippen molar-refractivity contribution in [2.75, 3.05) is 33.5 Å². The minimum atomic E-state index is -3.80. The van der Waals surface area contributed by atoms with Crippen molar-refractivity contribution in [3.8, 4) is 0 Å². The number of amides is 2. The van der Waals surface area contributed by atoms with Gasteiger partial charge in [-0.15, -0.1) is 0 Å². The molecule has 0 aliphatic carbocycles. The average Bonchev–Trinajstić information content (AvgIpc) is 2.63. The third-order valence-corrected chi connectivity index (χ3v) is 7.06. The van der Waals surface area contributed by atoms with E-state index in [9.17, 15) is 18.0 Å². The number of carbonyl (C=O) groups excluding carboxylic acids is 2. The van der Waals surface area contributed by atoms with Crippen LogP contribution in [0, 0.1) is 0 Å². The fraction of sp³-hybridized carbons (Fsp3) is 0.222. The number of benzene rings is 2. The Morgan fingerprint density at radius 1 is 1.04 bits per heavy atom. The summed E-state index contributed by atoms with van der Waals surface area (Å²) >= 11 is 7.00. The maximum Gasteiger partial charge on any atom is 0.286 e. The van der Waals surface area contributed by atoms with Gasteiger partial charge < -0.3 is 10.2 Å². The number of hydrogen-bond acceptors (Lipinski definition) is 5. The van der Waals surface area contributed by atoms with Crippen LogP contribution >= 0.6 is 23.4 Å². The van der Waals surface area contributed by atoms with Gasteiger partial charge >= 0.3 is 0 Å². The van der Waals surface area contributed by atoms with Crippen LogP contribution in [0.1, 0.15) is 10.4 Å². The minimum absolute atomic E-state index is 0.0257. The number of sulfonamides is 1. The molecule has 0 unspecified atom stereocenters. The summed E-state index contributed by atoms with van der Waals surface area (Å²) in [6.45, 7) is 0. The molecule has 2 aromatic carbocycles. The van der Waals surface area contributed by atoms with Gasteiger partial charge in [0.15, 0.2) is 0 Å². The van der Waals surface area contributed by atoms with Crippen molar-refractivity contribution in [3.05, 3.63) is 53.1 Å². The second-order valence-electron chi connectivity index (χ2n) is 6.15. The van der Waals surface area contributed by atoms with Gasteiger partial charge in [-0.3, -0.25) is 9.59 Å². The van der Waals surface area contributed by atoms with Crippen LogP contribution in [0.5, 0.6) is 0 Å². The molecule has 2 amide bonds. The van der Waals surface area contributed by atoms with Crippen LogP contribution in [0.4, 0.5) is 10.5 Å². The number of nitrogens with one attached hydrogen (secondary N) is 1. The van der Waals surface area contributed by atoms with Crippen LogP contribution in [-0.4, -0.2) is 57.0 Å². The van der Waals surface area contributed by atoms with Gasteiger partial charge in [0.1, 0.15) is 4.90 Å². The summed E-state index contributed by atoms with van der Waals surface area (Å²) < 4.78 is 25.8. The van der Waals surface area contributed by atoms with Gasteiger partial charge in [0.25, 0.3) is 11.1 Å². The lowest BCUT2D eigenvalue weighted by Crippen LogP contribution is -2.23. The Morgan fingerprint density at radius 3 is 2.29 bits per heavy atom. The number of nitrogens with zero attached hydrogens (tertiary/aromatic N) is 2. The van der Waals surface area contributed by atoms with Gasteiger partial charge in [-0.05, 0) is 42.1 Å². The molecule has 0 saturated carbocycles. The highest BCUT2D eigenvalue weighted by molar-refractivity contribution is 8.13. The van der Waals surface area contributed by atoms with E-state index in [0.717, 1.165) is 16.1 Å². The van der Waals surface area contributed by atoms with Crippen molar-refractivity contribution >= 4 is 50.2 Å². The predicted octanol–water partition coefficient (Wildman–Crippen LogP) is 3.62. The lowest BCUT2D eigenvalue weighted by atomic mass is 10.2. The highest BCUT2D eigenvalue weighted by Crippen LogP contribution is 2.30. The molecule has 10 heteroatoms. The van der Waals surface area contributed by atoms with Gasteiger partial charge in [-0.1, -0.05) is 23.7 Å². The van der Waals surface area contributed by atoms with Crippen molar-refractivity contribution in [3.63, 3.8) is 0 Å². The van der Waals surface area contributed by atoms with Gasteiger partial charge in [-0.2, -0.15) is 0 Å². The third kappa shape index (κ3) is 5.05. The van der Waals surface area contributed by atoms with E-state index < -0.39 is 15.9 Å². The molecule has 0 radical (unpaired) electrons. The SMILES string of the molecule is CN(C)C(=O)Sc1ccccc1NC(=O)c1ccc(Cl)c(S(=O)(=O)N(C)C)c1. The quantitative estimate of drug-likeness (QED) is 0.716. The maximum atomic E-state index is 12.7. The Morgan fingerprint density at radius 2 is 1.68 bits per heavy atom.